The van der Waals surface area contributed by atoms with E-state index in [-0.39, 0.29) is 17.9 Å². The number of nitrogens with zero attached hydrogens (tertiary/aromatic N) is 1. The number of alkyl halides is 3. The van der Waals surface area contributed by atoms with Gasteiger partial charge < -0.3 is 29.0 Å². The molecule has 1 aliphatic rings. The van der Waals surface area contributed by atoms with Crippen LogP contribution in [-0.4, -0.2) is 49.5 Å². The van der Waals surface area contributed by atoms with Gasteiger partial charge in [0.25, 0.3) is 0 Å². The van der Waals surface area contributed by atoms with Crippen molar-refractivity contribution in [2.75, 3.05) is 23.9 Å². The Morgan fingerprint density at radius 3 is 2.02 bits per heavy atom. The number of ether oxygens (including phenoxy) is 2. The van der Waals surface area contributed by atoms with Gasteiger partial charge in [-0.25, -0.2) is 0 Å². The van der Waals surface area contributed by atoms with Crippen LogP contribution in [0.5, 0.6) is 5.75 Å². The van der Waals surface area contributed by atoms with Crippen LogP contribution in [0.3, 0.4) is 0 Å². The Bertz CT molecular complexity index is 1550. The molecule has 0 radical (unpaired) electrons. The zero-order valence-corrected chi connectivity index (χ0v) is 28.1. The van der Waals surface area contributed by atoms with Crippen LogP contribution in [0.2, 0.25) is 0 Å². The van der Waals surface area contributed by atoms with Crippen molar-refractivity contribution in [3.8, 4) is 5.75 Å². The Labute approximate surface area is 274 Å². The zero-order chi connectivity index (χ0) is 34.8. The molecule has 0 aliphatic carbocycles. The lowest BCUT2D eigenvalue weighted by molar-refractivity contribution is -0.153. The Morgan fingerprint density at radius 1 is 0.894 bits per heavy atom. The molecule has 3 aromatic rings. The van der Waals surface area contributed by atoms with Crippen molar-refractivity contribution in [2.45, 2.75) is 84.4 Å². The van der Waals surface area contributed by atoms with E-state index < -0.39 is 54.0 Å². The fraction of sp³-hybridized carbons (Fsp3) is 0.429. The van der Waals surface area contributed by atoms with Gasteiger partial charge in [0.05, 0.1) is 30.3 Å². The van der Waals surface area contributed by atoms with E-state index in [1.54, 1.807) is 45.0 Å². The molecular weight excluding hydrogens is 612 g/mol. The van der Waals surface area contributed by atoms with Gasteiger partial charge in [-0.2, -0.15) is 13.2 Å². The van der Waals surface area contributed by atoms with E-state index in [4.69, 9.17) is 18.8 Å². The molecule has 1 aliphatic heterocycles. The van der Waals surface area contributed by atoms with Crippen molar-refractivity contribution in [2.24, 2.45) is 0 Å². The average Bonchev–Trinajstić information content (AvgIpc) is 3.18. The van der Waals surface area contributed by atoms with Crippen molar-refractivity contribution in [3.05, 3.63) is 83.4 Å². The summed E-state index contributed by atoms with van der Waals surface area (Å²) in [6, 6.07) is 18.0. The fourth-order valence-electron chi connectivity index (χ4n) is 4.98. The van der Waals surface area contributed by atoms with Gasteiger partial charge in [0.15, 0.2) is 0 Å². The first kappa shape index (κ1) is 35.8. The maximum Gasteiger partial charge on any atom is 0.494 e. The first-order valence-electron chi connectivity index (χ1n) is 15.3. The molecular formula is C35H42BF3N2O6. The molecule has 1 amide bonds. The quantitative estimate of drug-likeness (QED) is 0.196. The van der Waals surface area contributed by atoms with Crippen LogP contribution in [-0.2, 0) is 42.8 Å². The second kappa shape index (κ2) is 13.6. The second-order valence-electron chi connectivity index (χ2n) is 13.6. The molecule has 0 bridgehead atoms. The number of carbonyl (C=O) groups excluding carboxylic acids is 2. The number of carbonyl (C=O) groups is 2. The number of methoxy groups -OCH3 is 1. The van der Waals surface area contributed by atoms with Crippen LogP contribution >= 0.6 is 0 Å². The van der Waals surface area contributed by atoms with E-state index in [9.17, 15) is 22.8 Å². The highest BCUT2D eigenvalue weighted by Gasteiger charge is 2.51. The summed E-state index contributed by atoms with van der Waals surface area (Å²) in [6.07, 6.45) is -5.12. The average molecular weight is 655 g/mol. The van der Waals surface area contributed by atoms with Crippen molar-refractivity contribution in [3.63, 3.8) is 0 Å². The lowest BCUT2D eigenvalue weighted by Gasteiger charge is -2.32. The number of rotatable bonds is 10. The molecule has 12 heteroatoms. The molecule has 1 N–H and O–H groups in total. The van der Waals surface area contributed by atoms with Gasteiger partial charge in [-0.15, -0.1) is 0 Å². The number of nitrogens with one attached hydrogen (secondary N) is 1. The summed E-state index contributed by atoms with van der Waals surface area (Å²) >= 11 is 0. The number of hydrogen-bond acceptors (Lipinski definition) is 7. The van der Waals surface area contributed by atoms with E-state index in [2.05, 4.69) is 5.32 Å². The molecule has 1 fully saturated rings. The maximum atomic E-state index is 13.6. The van der Waals surface area contributed by atoms with Crippen LogP contribution < -0.4 is 20.4 Å². The zero-order valence-electron chi connectivity index (χ0n) is 28.1. The molecule has 0 unspecified atom stereocenters. The highest BCUT2D eigenvalue weighted by atomic mass is 19.4. The number of esters is 1. The van der Waals surface area contributed by atoms with Gasteiger partial charge in [0.2, 0.25) is 5.91 Å². The number of benzene rings is 3. The van der Waals surface area contributed by atoms with E-state index in [0.29, 0.717) is 17.9 Å². The van der Waals surface area contributed by atoms with Gasteiger partial charge in [-0.3, -0.25) is 9.59 Å². The molecule has 8 nitrogen and oxygen atoms in total. The van der Waals surface area contributed by atoms with Crippen molar-refractivity contribution in [1.29, 1.82) is 0 Å². The molecule has 4 rings (SSSR count). The normalized spacial score (nSPS) is 15.7. The summed E-state index contributed by atoms with van der Waals surface area (Å²) in [4.78, 5) is 27.5. The maximum absolute atomic E-state index is 13.6. The molecule has 0 spiro atoms. The fourth-order valence-corrected chi connectivity index (χ4v) is 4.98. The van der Waals surface area contributed by atoms with Gasteiger partial charge in [-0.1, -0.05) is 30.3 Å². The summed E-state index contributed by atoms with van der Waals surface area (Å²) in [6.45, 7) is 13.7. The smallest absolute Gasteiger partial charge is 0.494 e. The predicted molar refractivity (Wildman–Crippen MR) is 176 cm³/mol. The Kier molecular flexibility index (Phi) is 10.4. The Balaban J connectivity index is 1.48. The summed E-state index contributed by atoms with van der Waals surface area (Å²) in [5, 5.41) is 2.66. The van der Waals surface area contributed by atoms with Crippen molar-refractivity contribution < 1.29 is 41.5 Å². The van der Waals surface area contributed by atoms with Crippen LogP contribution in [0.15, 0.2) is 66.7 Å². The van der Waals surface area contributed by atoms with Crippen LogP contribution in [0.25, 0.3) is 0 Å². The minimum Gasteiger partial charge on any atom is -0.497 e. The SMILES string of the molecule is COc1ccc(CC(=O)Nc2ccc(N(CC(=O)OC(C)(C)C)Cc3ccc(B4OC(C)(C)C(C)(C)O4)cc3)cc2)c(C(F)(F)F)c1. The largest absolute Gasteiger partial charge is 0.497 e. The molecule has 0 saturated carbocycles. The standard InChI is InChI=1S/C35H42BF3N2O6/c1-32(2,3)45-31(43)22-41(21-23-9-12-25(13-10-23)36-46-33(4,5)34(6,7)47-36)27-16-14-26(15-17-27)40-30(42)19-24-11-18-28(44-8)20-29(24)35(37,38)39/h9-18,20H,19,21-22H2,1-8H3,(H,40,42). The van der Waals surface area contributed by atoms with Crippen molar-refractivity contribution in [1.82, 2.24) is 0 Å². The van der Waals surface area contributed by atoms with Gasteiger partial charge in [-0.05, 0) is 101 Å². The summed E-state index contributed by atoms with van der Waals surface area (Å²) in [5.41, 5.74) is 0.182. The number of halogens is 3. The molecule has 47 heavy (non-hydrogen) atoms. The highest BCUT2D eigenvalue weighted by molar-refractivity contribution is 6.62. The lowest BCUT2D eigenvalue weighted by Crippen LogP contribution is -2.41. The minimum atomic E-state index is -4.64. The van der Waals surface area contributed by atoms with E-state index in [1.807, 2.05) is 56.9 Å². The van der Waals surface area contributed by atoms with Crippen molar-refractivity contribution >= 4 is 35.8 Å². The second-order valence-corrected chi connectivity index (χ2v) is 13.6. The summed E-state index contributed by atoms with van der Waals surface area (Å²) < 4.78 is 63.6. The van der Waals surface area contributed by atoms with E-state index in [0.717, 1.165) is 17.1 Å². The Hall–Kier alpha value is -4.03. The van der Waals surface area contributed by atoms with Gasteiger partial charge >= 0.3 is 19.3 Å². The third-order valence-corrected chi connectivity index (χ3v) is 8.11. The van der Waals surface area contributed by atoms with Gasteiger partial charge in [0, 0.05) is 17.9 Å². The van der Waals surface area contributed by atoms with Crippen LogP contribution in [0.4, 0.5) is 24.5 Å². The van der Waals surface area contributed by atoms with E-state index >= 15 is 0 Å². The summed E-state index contributed by atoms with van der Waals surface area (Å²) in [5.74, 6) is -0.973. The predicted octanol–water partition coefficient (Wildman–Crippen LogP) is 6.54. The highest BCUT2D eigenvalue weighted by Crippen LogP contribution is 2.37. The Morgan fingerprint density at radius 2 is 1.49 bits per heavy atom. The molecule has 3 aromatic carbocycles. The minimum absolute atomic E-state index is 0.0420. The van der Waals surface area contributed by atoms with E-state index in [1.165, 1.54) is 19.2 Å². The third-order valence-electron chi connectivity index (χ3n) is 8.11. The molecule has 1 heterocycles. The summed E-state index contributed by atoms with van der Waals surface area (Å²) in [7, 11) is 0.776. The molecule has 0 atom stereocenters. The number of hydrogen-bond donors (Lipinski definition) is 1. The monoisotopic (exact) mass is 654 g/mol. The number of anilines is 2. The topological polar surface area (TPSA) is 86.3 Å². The first-order valence-corrected chi connectivity index (χ1v) is 15.3. The van der Waals surface area contributed by atoms with Crippen LogP contribution in [0.1, 0.15) is 65.2 Å². The lowest BCUT2D eigenvalue weighted by atomic mass is 9.79. The third kappa shape index (κ3) is 9.29. The van der Waals surface area contributed by atoms with Crippen LogP contribution in [0, 0.1) is 0 Å². The molecule has 0 aromatic heterocycles. The number of amides is 1. The first-order chi connectivity index (χ1) is 21.8. The molecule has 1 saturated heterocycles. The molecule has 252 valence electrons. The van der Waals surface area contributed by atoms with Gasteiger partial charge in [0.1, 0.15) is 17.9 Å².